The van der Waals surface area contributed by atoms with E-state index in [2.05, 4.69) is 4.98 Å². The molecule has 1 heterocycles. The molecule has 0 saturated carbocycles. The molecule has 4 N–H and O–H groups in total. The third-order valence-corrected chi connectivity index (χ3v) is 5.80. The maximum atomic E-state index is 13.6. The zero-order chi connectivity index (χ0) is 24.3. The monoisotopic (exact) mass is 480 g/mol. The lowest BCUT2D eigenvalue weighted by Gasteiger charge is -2.15. The molecule has 3 aromatic rings. The number of ether oxygens (including phenoxy) is 1. The highest BCUT2D eigenvalue weighted by Gasteiger charge is 2.32. The molecular formula is C21H22F2N4O5S. The van der Waals surface area contributed by atoms with E-state index in [1.165, 1.54) is 4.57 Å². The molecule has 0 aliphatic rings. The Bertz CT molecular complexity index is 1270. The van der Waals surface area contributed by atoms with Crippen molar-refractivity contribution in [1.82, 2.24) is 9.55 Å². The minimum Gasteiger partial charge on any atom is -0.442 e. The minimum absolute atomic E-state index is 0.0301. The summed E-state index contributed by atoms with van der Waals surface area (Å²) >= 11 is 0. The molecule has 33 heavy (non-hydrogen) atoms. The van der Waals surface area contributed by atoms with E-state index in [1.54, 1.807) is 38.1 Å². The fraction of sp³-hybridized carbons (Fsp3) is 0.238. The number of amides is 1. The number of anilines is 1. The van der Waals surface area contributed by atoms with Crippen molar-refractivity contribution in [3.8, 4) is 5.75 Å². The molecule has 0 bridgehead atoms. The van der Waals surface area contributed by atoms with Gasteiger partial charge in [-0.3, -0.25) is 0 Å². The molecule has 0 unspecified atom stereocenters. The number of nitrogen functional groups attached to an aromatic ring is 1. The molecule has 1 aromatic heterocycles. The van der Waals surface area contributed by atoms with Crippen molar-refractivity contribution < 1.29 is 30.9 Å². The summed E-state index contributed by atoms with van der Waals surface area (Å²) < 4.78 is 64.9. The molecule has 0 aliphatic carbocycles. The predicted octanol–water partition coefficient (Wildman–Crippen LogP) is 3.28. The number of hydrogen-bond acceptors (Lipinski definition) is 7. The first-order valence-corrected chi connectivity index (χ1v) is 11.1. The van der Waals surface area contributed by atoms with Crippen molar-refractivity contribution >= 4 is 21.9 Å². The van der Waals surface area contributed by atoms with Gasteiger partial charge in [0.25, 0.3) is 0 Å². The number of primary amides is 1. The van der Waals surface area contributed by atoms with Crippen LogP contribution in [0.5, 0.6) is 5.75 Å². The molecule has 0 radical (unpaired) electrons. The van der Waals surface area contributed by atoms with Gasteiger partial charge in [-0.25, -0.2) is 18.6 Å². The highest BCUT2D eigenvalue weighted by molar-refractivity contribution is 7.87. The summed E-state index contributed by atoms with van der Waals surface area (Å²) in [7, 11) is -4.64. The van der Waals surface area contributed by atoms with E-state index in [4.69, 9.17) is 20.4 Å². The summed E-state index contributed by atoms with van der Waals surface area (Å²) in [5, 5.41) is -0.354. The van der Waals surface area contributed by atoms with E-state index in [0.717, 1.165) is 12.1 Å². The summed E-state index contributed by atoms with van der Waals surface area (Å²) in [5.41, 5.74) is 12.1. The van der Waals surface area contributed by atoms with E-state index < -0.39 is 46.1 Å². The fourth-order valence-corrected chi connectivity index (χ4v) is 4.57. The molecule has 0 aliphatic heterocycles. The Labute approximate surface area is 189 Å². The van der Waals surface area contributed by atoms with Crippen LogP contribution in [0.3, 0.4) is 0 Å². The van der Waals surface area contributed by atoms with E-state index in [0.29, 0.717) is 17.3 Å². The van der Waals surface area contributed by atoms with Gasteiger partial charge in [-0.05, 0) is 23.6 Å². The molecule has 1 amide bonds. The molecular weight excluding hydrogens is 458 g/mol. The normalized spacial score (nSPS) is 11.5. The topological polar surface area (TPSA) is 140 Å². The molecule has 0 spiro atoms. The van der Waals surface area contributed by atoms with Gasteiger partial charge in [0.15, 0.2) is 11.6 Å². The number of aromatic nitrogens is 2. The SMILES string of the molecule is CC(C)c1nc(COC(N)=O)n(Cc2cccc(N)c2)c1S(=O)(=O)Oc1cc(F)cc(F)c1. The highest BCUT2D eigenvalue weighted by atomic mass is 32.2. The maximum absolute atomic E-state index is 13.6. The highest BCUT2D eigenvalue weighted by Crippen LogP contribution is 2.30. The van der Waals surface area contributed by atoms with Crippen LogP contribution in [-0.2, 0) is 28.0 Å². The second kappa shape index (κ2) is 9.45. The van der Waals surface area contributed by atoms with E-state index in [1.807, 2.05) is 0 Å². The Hall–Kier alpha value is -3.67. The Morgan fingerprint density at radius 3 is 2.39 bits per heavy atom. The number of hydrogen-bond donors (Lipinski definition) is 2. The summed E-state index contributed by atoms with van der Waals surface area (Å²) in [5.74, 6) is -2.89. The van der Waals surface area contributed by atoms with E-state index in [-0.39, 0.29) is 23.1 Å². The first-order valence-electron chi connectivity index (χ1n) is 9.73. The largest absolute Gasteiger partial charge is 0.442 e. The Balaban J connectivity index is 2.16. The number of rotatable bonds is 8. The van der Waals surface area contributed by atoms with Gasteiger partial charge < -0.3 is 25.0 Å². The van der Waals surface area contributed by atoms with Crippen molar-refractivity contribution in [3.05, 3.63) is 71.2 Å². The average Bonchev–Trinajstić information content (AvgIpc) is 3.04. The van der Waals surface area contributed by atoms with Gasteiger partial charge in [0.1, 0.15) is 23.2 Å². The summed E-state index contributed by atoms with van der Waals surface area (Å²) in [6.45, 7) is 2.96. The second-order valence-corrected chi connectivity index (χ2v) is 8.92. The van der Waals surface area contributed by atoms with Crippen LogP contribution in [0.2, 0.25) is 0 Å². The van der Waals surface area contributed by atoms with Gasteiger partial charge in [0, 0.05) is 23.9 Å². The first kappa shape index (κ1) is 24.0. The van der Waals surface area contributed by atoms with Crippen LogP contribution in [0, 0.1) is 11.6 Å². The lowest BCUT2D eigenvalue weighted by molar-refractivity contribution is 0.145. The van der Waals surface area contributed by atoms with Crippen molar-refractivity contribution in [2.45, 2.75) is 37.9 Å². The zero-order valence-corrected chi connectivity index (χ0v) is 18.6. The summed E-state index contributed by atoms with van der Waals surface area (Å²) in [6.07, 6.45) is -1.07. The van der Waals surface area contributed by atoms with Gasteiger partial charge in [-0.1, -0.05) is 26.0 Å². The predicted molar refractivity (Wildman–Crippen MR) is 115 cm³/mol. The molecule has 12 heteroatoms. The standard InChI is InChI=1S/C21H22F2N4O5S/c1-12(2)19-20(33(29,30)32-17-8-14(22)7-15(23)9-17)27(18(26-19)11-31-21(25)28)10-13-4-3-5-16(24)6-13/h3-9,12H,10-11,24H2,1-2H3,(H2,25,28). The smallest absolute Gasteiger partial charge is 0.404 e. The van der Waals surface area contributed by atoms with Gasteiger partial charge >= 0.3 is 16.2 Å². The number of nitrogens with zero attached hydrogens (tertiary/aromatic N) is 2. The lowest BCUT2D eigenvalue weighted by Crippen LogP contribution is -2.20. The molecule has 176 valence electrons. The second-order valence-electron chi connectivity index (χ2n) is 7.45. The number of imidazole rings is 1. The van der Waals surface area contributed by atoms with E-state index >= 15 is 0 Å². The van der Waals surface area contributed by atoms with Crippen LogP contribution < -0.4 is 15.7 Å². The minimum atomic E-state index is -4.64. The van der Waals surface area contributed by atoms with Crippen LogP contribution in [0.15, 0.2) is 47.5 Å². The van der Waals surface area contributed by atoms with Gasteiger partial charge in [0.2, 0.25) is 0 Å². The molecule has 0 fully saturated rings. The van der Waals surface area contributed by atoms with Crippen molar-refractivity contribution in [2.75, 3.05) is 5.73 Å². The summed E-state index contributed by atoms with van der Waals surface area (Å²) in [4.78, 5) is 15.5. The van der Waals surface area contributed by atoms with Gasteiger partial charge in [0.05, 0.1) is 12.2 Å². The Morgan fingerprint density at radius 1 is 1.15 bits per heavy atom. The first-order chi connectivity index (χ1) is 15.5. The summed E-state index contributed by atoms with van der Waals surface area (Å²) in [6, 6.07) is 8.76. The average molecular weight is 480 g/mol. The van der Waals surface area contributed by atoms with Crippen molar-refractivity contribution in [3.63, 3.8) is 0 Å². The Morgan fingerprint density at radius 2 is 1.82 bits per heavy atom. The van der Waals surface area contributed by atoms with Crippen LogP contribution >= 0.6 is 0 Å². The number of carbonyl (C=O) groups excluding carboxylic acids is 1. The van der Waals surface area contributed by atoms with Gasteiger partial charge in [-0.15, -0.1) is 0 Å². The number of halogens is 2. The maximum Gasteiger partial charge on any atom is 0.404 e. The van der Waals surface area contributed by atoms with Crippen LogP contribution in [0.25, 0.3) is 0 Å². The van der Waals surface area contributed by atoms with Gasteiger partial charge in [-0.2, -0.15) is 8.42 Å². The fourth-order valence-electron chi connectivity index (χ4n) is 3.17. The van der Waals surface area contributed by atoms with Crippen LogP contribution in [-0.4, -0.2) is 24.1 Å². The third kappa shape index (κ3) is 5.77. The number of nitrogens with two attached hydrogens (primary N) is 2. The van der Waals surface area contributed by atoms with E-state index in [9.17, 15) is 22.0 Å². The van der Waals surface area contributed by atoms with Crippen LogP contribution in [0.1, 0.15) is 36.8 Å². The third-order valence-electron chi connectivity index (χ3n) is 4.49. The molecule has 3 rings (SSSR count). The van der Waals surface area contributed by atoms with Crippen LogP contribution in [0.4, 0.5) is 19.3 Å². The molecule has 9 nitrogen and oxygen atoms in total. The quantitative estimate of drug-likeness (QED) is 0.372. The van der Waals surface area contributed by atoms with Crippen molar-refractivity contribution in [2.24, 2.45) is 5.73 Å². The number of benzene rings is 2. The zero-order valence-electron chi connectivity index (χ0n) is 17.8. The Kier molecular flexibility index (Phi) is 6.86. The lowest BCUT2D eigenvalue weighted by atomic mass is 10.1. The molecule has 0 saturated heterocycles. The number of carbonyl (C=O) groups is 1. The van der Waals surface area contributed by atoms with Crippen molar-refractivity contribution in [1.29, 1.82) is 0 Å². The molecule has 0 atom stereocenters. The molecule has 2 aromatic carbocycles.